The number of aliphatic hydroxyl groups is 8. The van der Waals surface area contributed by atoms with Crippen LogP contribution in [-0.4, -0.2) is 140 Å². The number of hydrogen-bond acceptors (Lipinski definition) is 13. The summed E-state index contributed by atoms with van der Waals surface area (Å²) in [6.07, 6.45) is 40.3. The van der Waals surface area contributed by atoms with Crippen LogP contribution in [0.2, 0.25) is 0 Å². The minimum absolute atomic E-state index is 0.257. The number of rotatable bonds is 40. The molecule has 0 spiro atoms. The molecule has 71 heavy (non-hydrogen) atoms. The summed E-state index contributed by atoms with van der Waals surface area (Å²) in [7, 11) is 0. The minimum Gasteiger partial charge on any atom is -0.394 e. The van der Waals surface area contributed by atoms with E-state index in [0.717, 1.165) is 89.9 Å². The highest BCUT2D eigenvalue weighted by Gasteiger charge is 2.51. The molecule has 0 saturated carbocycles. The number of amides is 1. The molecule has 0 aromatic carbocycles. The molecule has 2 aliphatic rings. The Morgan fingerprint density at radius 3 is 1.55 bits per heavy atom. The van der Waals surface area contributed by atoms with Crippen molar-refractivity contribution in [3.8, 4) is 0 Å². The number of ether oxygens (including phenoxy) is 4. The van der Waals surface area contributed by atoms with Gasteiger partial charge >= 0.3 is 0 Å². The van der Waals surface area contributed by atoms with Crippen molar-refractivity contribution in [2.45, 2.75) is 235 Å². The predicted octanol–water partition coefficient (Wildman–Crippen LogP) is 7.93. The van der Waals surface area contributed by atoms with Gasteiger partial charge in [-0.25, -0.2) is 0 Å². The molecule has 2 aliphatic heterocycles. The van der Waals surface area contributed by atoms with Gasteiger partial charge in [0.15, 0.2) is 12.6 Å². The summed E-state index contributed by atoms with van der Waals surface area (Å²) in [5.41, 5.74) is 0. The monoisotopic (exact) mass is 1000 g/mol. The van der Waals surface area contributed by atoms with E-state index < -0.39 is 86.8 Å². The highest BCUT2D eigenvalue weighted by Crippen LogP contribution is 2.30. The lowest BCUT2D eigenvalue weighted by Crippen LogP contribution is -2.65. The van der Waals surface area contributed by atoms with E-state index in [1.165, 1.54) is 38.5 Å². The highest BCUT2D eigenvalue weighted by atomic mass is 16.7. The van der Waals surface area contributed by atoms with Gasteiger partial charge in [-0.15, -0.1) is 0 Å². The molecule has 2 saturated heterocycles. The van der Waals surface area contributed by atoms with E-state index in [1.807, 2.05) is 6.08 Å². The van der Waals surface area contributed by atoms with Crippen molar-refractivity contribution in [3.05, 3.63) is 97.2 Å². The predicted molar refractivity (Wildman–Crippen MR) is 281 cm³/mol. The van der Waals surface area contributed by atoms with Crippen molar-refractivity contribution >= 4 is 5.91 Å². The van der Waals surface area contributed by atoms with Crippen molar-refractivity contribution in [2.24, 2.45) is 0 Å². The molecule has 0 bridgehead atoms. The molecule has 0 aromatic heterocycles. The first-order chi connectivity index (χ1) is 34.6. The number of aliphatic hydroxyl groups excluding tert-OH is 8. The Morgan fingerprint density at radius 1 is 0.521 bits per heavy atom. The summed E-state index contributed by atoms with van der Waals surface area (Å²) in [4.78, 5) is 13.2. The average Bonchev–Trinajstić information content (AvgIpc) is 3.37. The van der Waals surface area contributed by atoms with Crippen molar-refractivity contribution in [2.75, 3.05) is 19.8 Å². The summed E-state index contributed by atoms with van der Waals surface area (Å²) < 4.78 is 22.6. The Balaban J connectivity index is 1.74. The van der Waals surface area contributed by atoms with E-state index in [2.05, 4.69) is 104 Å². The van der Waals surface area contributed by atoms with Crippen LogP contribution in [0.15, 0.2) is 97.2 Å². The van der Waals surface area contributed by atoms with Crippen LogP contribution in [0.5, 0.6) is 0 Å². The second-order valence-electron chi connectivity index (χ2n) is 18.6. The number of carbonyl (C=O) groups excluding carboxylic acids is 1. The van der Waals surface area contributed by atoms with Crippen LogP contribution >= 0.6 is 0 Å². The second-order valence-corrected chi connectivity index (χ2v) is 18.6. The molecule has 2 heterocycles. The third-order valence-corrected chi connectivity index (χ3v) is 12.5. The Morgan fingerprint density at radius 2 is 0.986 bits per heavy atom. The summed E-state index contributed by atoms with van der Waals surface area (Å²) in [5.74, 6) is -0.266. The van der Waals surface area contributed by atoms with Gasteiger partial charge in [0, 0.05) is 6.42 Å². The maximum absolute atomic E-state index is 13.2. The molecule has 9 N–H and O–H groups in total. The van der Waals surface area contributed by atoms with Crippen molar-refractivity contribution in [1.82, 2.24) is 5.32 Å². The van der Waals surface area contributed by atoms with Gasteiger partial charge in [0.25, 0.3) is 0 Å². The van der Waals surface area contributed by atoms with Gasteiger partial charge in [-0.1, -0.05) is 169 Å². The third-order valence-electron chi connectivity index (χ3n) is 12.5. The van der Waals surface area contributed by atoms with E-state index >= 15 is 0 Å². The molecule has 2 rings (SSSR count). The highest BCUT2D eigenvalue weighted by molar-refractivity contribution is 5.76. The Bertz CT molecular complexity index is 1560. The third kappa shape index (κ3) is 28.8. The first-order valence-corrected chi connectivity index (χ1v) is 27.0. The number of allylic oxidation sites excluding steroid dienone is 15. The molecule has 0 radical (unpaired) electrons. The lowest BCUT2D eigenvalue weighted by Gasteiger charge is -2.46. The summed E-state index contributed by atoms with van der Waals surface area (Å²) in [6.45, 7) is 2.58. The topological polar surface area (TPSA) is 228 Å². The fourth-order valence-electron chi connectivity index (χ4n) is 8.13. The standard InChI is InChI=1S/C57H95NO13/c1-3-5-7-9-11-13-15-16-17-18-19-20-21-22-23-24-25-26-27-28-29-30-31-33-35-37-39-41-49(62)58-45(46(61)40-38-36-34-32-14-12-10-8-6-4-2)44-68-56-54(67)52(65)55(48(43-60)70-56)71-57-53(66)51(64)50(63)47(42-59)69-57/h5,7,11,13-14,16-17,19-20,22-23,25-26,32,38,40,45-48,50-57,59-61,63-67H,3-4,6,8-10,12,15,18,21,24,27-31,33-37,39,41-44H2,1-2H3,(H,58,62)/b7-5-,13-11-,17-16-,20-19-,23-22-,26-25-,32-14+,40-38+. The molecular weight excluding hydrogens is 907 g/mol. The van der Waals surface area contributed by atoms with Crippen molar-refractivity contribution in [3.63, 3.8) is 0 Å². The molecule has 12 unspecified atom stereocenters. The number of nitrogens with one attached hydrogen (secondary N) is 1. The Labute approximate surface area is 426 Å². The fourth-order valence-corrected chi connectivity index (χ4v) is 8.13. The second kappa shape index (κ2) is 42.3. The lowest BCUT2D eigenvalue weighted by molar-refractivity contribution is -0.359. The van der Waals surface area contributed by atoms with Crippen LogP contribution in [0.25, 0.3) is 0 Å². The van der Waals surface area contributed by atoms with E-state index in [0.29, 0.717) is 12.8 Å². The molecule has 406 valence electrons. The van der Waals surface area contributed by atoms with Gasteiger partial charge in [-0.05, 0) is 83.5 Å². The van der Waals surface area contributed by atoms with Crippen molar-refractivity contribution < 1.29 is 64.6 Å². The SMILES string of the molecule is CC/C=C\C/C=C\C/C=C\C/C=C\C/C=C\C/C=C\CCCCCCCCCCC(=O)NC(COC1OC(CO)C(OC2OC(CO)C(O)C(O)C2O)C(O)C1O)C(O)/C=C/CC/C=C/CCCCCC. The average molecular weight is 1000 g/mol. The fraction of sp³-hybridized carbons (Fsp3) is 0.702. The van der Waals surface area contributed by atoms with Crippen LogP contribution in [0.4, 0.5) is 0 Å². The maximum Gasteiger partial charge on any atom is 0.220 e. The molecule has 0 aliphatic carbocycles. The van der Waals surface area contributed by atoms with Crippen LogP contribution in [-0.2, 0) is 23.7 Å². The zero-order valence-electron chi connectivity index (χ0n) is 43.2. The summed E-state index contributed by atoms with van der Waals surface area (Å²) in [5, 5.41) is 86.7. The van der Waals surface area contributed by atoms with E-state index in [1.54, 1.807) is 6.08 Å². The van der Waals surface area contributed by atoms with Crippen LogP contribution in [0.1, 0.15) is 162 Å². The molecular formula is C57H95NO13. The molecule has 0 aromatic rings. The molecule has 1 amide bonds. The minimum atomic E-state index is -1.79. The zero-order valence-corrected chi connectivity index (χ0v) is 43.2. The van der Waals surface area contributed by atoms with E-state index in [-0.39, 0.29) is 18.9 Å². The summed E-state index contributed by atoms with van der Waals surface area (Å²) >= 11 is 0. The molecule has 14 nitrogen and oxygen atoms in total. The Kier molecular flexibility index (Phi) is 38.1. The van der Waals surface area contributed by atoms with Gasteiger partial charge in [-0.3, -0.25) is 4.79 Å². The first kappa shape index (κ1) is 64.0. The van der Waals surface area contributed by atoms with Crippen LogP contribution in [0, 0.1) is 0 Å². The molecule has 14 heteroatoms. The van der Waals surface area contributed by atoms with E-state index in [4.69, 9.17) is 18.9 Å². The number of hydrogen-bond donors (Lipinski definition) is 9. The van der Waals surface area contributed by atoms with Crippen molar-refractivity contribution in [1.29, 1.82) is 0 Å². The lowest BCUT2D eigenvalue weighted by atomic mass is 9.97. The normalized spacial score (nSPS) is 26.6. The summed E-state index contributed by atoms with van der Waals surface area (Å²) in [6, 6.07) is -0.940. The molecule has 12 atom stereocenters. The van der Waals surface area contributed by atoms with Gasteiger partial charge < -0.3 is 65.1 Å². The van der Waals surface area contributed by atoms with Gasteiger partial charge in [0.1, 0.15) is 48.8 Å². The number of unbranched alkanes of at least 4 members (excludes halogenated alkanes) is 13. The van der Waals surface area contributed by atoms with Gasteiger partial charge in [-0.2, -0.15) is 0 Å². The van der Waals surface area contributed by atoms with Crippen LogP contribution in [0.3, 0.4) is 0 Å². The van der Waals surface area contributed by atoms with Gasteiger partial charge in [0.2, 0.25) is 5.91 Å². The maximum atomic E-state index is 13.2. The number of carbonyl (C=O) groups is 1. The quantitative estimate of drug-likeness (QED) is 0.0210. The first-order valence-electron chi connectivity index (χ1n) is 27.0. The Hall–Kier alpha value is -3.09. The smallest absolute Gasteiger partial charge is 0.220 e. The van der Waals surface area contributed by atoms with Gasteiger partial charge in [0.05, 0.1) is 32.0 Å². The zero-order chi connectivity index (χ0) is 51.7. The van der Waals surface area contributed by atoms with Crippen LogP contribution < -0.4 is 5.32 Å². The largest absolute Gasteiger partial charge is 0.394 e. The van der Waals surface area contributed by atoms with E-state index in [9.17, 15) is 45.6 Å². The molecule has 2 fully saturated rings.